The van der Waals surface area contributed by atoms with E-state index in [9.17, 15) is 0 Å². The SMILES string of the molecule is Cc1cccc2sc(B(O)O)cc12. The van der Waals surface area contributed by atoms with E-state index in [4.69, 9.17) is 10.0 Å². The number of thiophene rings is 1. The highest BCUT2D eigenvalue weighted by atomic mass is 32.1. The first-order valence-electron chi connectivity index (χ1n) is 4.03. The van der Waals surface area contributed by atoms with Gasteiger partial charge in [-0.3, -0.25) is 0 Å². The molecular formula is C9H9BO2S. The van der Waals surface area contributed by atoms with Gasteiger partial charge in [0.2, 0.25) is 0 Å². The first kappa shape index (κ1) is 8.75. The highest BCUT2D eigenvalue weighted by molar-refractivity contribution is 7.27. The number of rotatable bonds is 1. The topological polar surface area (TPSA) is 40.5 Å². The Balaban J connectivity index is 2.68. The van der Waals surface area contributed by atoms with Crippen molar-refractivity contribution in [2.75, 3.05) is 0 Å². The van der Waals surface area contributed by atoms with Crippen molar-refractivity contribution in [3.63, 3.8) is 0 Å². The normalized spacial score (nSPS) is 10.7. The average molecular weight is 192 g/mol. The molecule has 0 radical (unpaired) electrons. The molecule has 0 aliphatic heterocycles. The highest BCUT2D eigenvalue weighted by Gasteiger charge is 2.14. The monoisotopic (exact) mass is 192 g/mol. The summed E-state index contributed by atoms with van der Waals surface area (Å²) >= 11 is 1.42. The maximum atomic E-state index is 8.98. The van der Waals surface area contributed by atoms with Crippen LogP contribution in [0, 0.1) is 6.92 Å². The van der Waals surface area contributed by atoms with Crippen LogP contribution in [-0.4, -0.2) is 17.2 Å². The second-order valence-electron chi connectivity index (χ2n) is 3.01. The van der Waals surface area contributed by atoms with Gasteiger partial charge < -0.3 is 10.0 Å². The smallest absolute Gasteiger partial charge is 0.423 e. The lowest BCUT2D eigenvalue weighted by Gasteiger charge is -1.91. The molecule has 2 aromatic rings. The maximum absolute atomic E-state index is 8.98. The number of hydrogen-bond acceptors (Lipinski definition) is 3. The Labute approximate surface area is 80.6 Å². The Kier molecular flexibility index (Phi) is 2.11. The second kappa shape index (κ2) is 3.14. The van der Waals surface area contributed by atoms with Gasteiger partial charge in [0.25, 0.3) is 0 Å². The molecule has 1 aromatic carbocycles. The van der Waals surface area contributed by atoms with Gasteiger partial charge in [0.05, 0.1) is 0 Å². The fourth-order valence-electron chi connectivity index (χ4n) is 1.35. The first-order valence-corrected chi connectivity index (χ1v) is 4.85. The number of benzene rings is 1. The summed E-state index contributed by atoms with van der Waals surface area (Å²) in [4.78, 5) is 0. The largest absolute Gasteiger partial charge is 0.499 e. The number of hydrogen-bond donors (Lipinski definition) is 2. The van der Waals surface area contributed by atoms with Crippen LogP contribution < -0.4 is 4.78 Å². The molecule has 0 spiro atoms. The van der Waals surface area contributed by atoms with Gasteiger partial charge in [-0.2, -0.15) is 0 Å². The predicted octanol–water partition coefficient (Wildman–Crippen LogP) is 0.890. The molecule has 13 heavy (non-hydrogen) atoms. The van der Waals surface area contributed by atoms with Crippen molar-refractivity contribution in [1.82, 2.24) is 0 Å². The van der Waals surface area contributed by atoms with Crippen molar-refractivity contribution >= 4 is 33.3 Å². The average Bonchev–Trinajstić information content (AvgIpc) is 2.49. The van der Waals surface area contributed by atoms with Gasteiger partial charge in [0, 0.05) is 9.48 Å². The van der Waals surface area contributed by atoms with Crippen molar-refractivity contribution in [2.24, 2.45) is 0 Å². The predicted molar refractivity (Wildman–Crippen MR) is 56.4 cm³/mol. The number of aryl methyl sites for hydroxylation is 1. The van der Waals surface area contributed by atoms with Gasteiger partial charge in [0.15, 0.2) is 0 Å². The molecule has 2 nitrogen and oxygen atoms in total. The Morgan fingerprint density at radius 3 is 2.69 bits per heavy atom. The summed E-state index contributed by atoms with van der Waals surface area (Å²) in [6.45, 7) is 2.02. The quantitative estimate of drug-likeness (QED) is 0.658. The molecule has 1 aromatic heterocycles. The second-order valence-corrected chi connectivity index (χ2v) is 4.12. The summed E-state index contributed by atoms with van der Waals surface area (Å²) in [5, 5.41) is 19.1. The van der Waals surface area contributed by atoms with Gasteiger partial charge in [-0.25, -0.2) is 0 Å². The minimum Gasteiger partial charge on any atom is -0.423 e. The molecule has 2 rings (SSSR count). The van der Waals surface area contributed by atoms with Crippen molar-refractivity contribution in [2.45, 2.75) is 6.92 Å². The van der Waals surface area contributed by atoms with Gasteiger partial charge in [-0.05, 0) is 30.0 Å². The molecule has 0 aliphatic carbocycles. The summed E-state index contributed by atoms with van der Waals surface area (Å²) in [6, 6.07) is 7.81. The third-order valence-corrected chi connectivity index (χ3v) is 3.19. The van der Waals surface area contributed by atoms with Crippen LogP contribution in [0.1, 0.15) is 5.56 Å². The molecule has 0 atom stereocenters. The standard InChI is InChI=1S/C9H9BO2S/c1-6-3-2-4-8-7(6)5-9(13-8)10(11)12/h2-5,11-12H,1H3. The lowest BCUT2D eigenvalue weighted by Crippen LogP contribution is -2.26. The van der Waals surface area contributed by atoms with E-state index in [1.807, 2.05) is 31.2 Å². The summed E-state index contributed by atoms with van der Waals surface area (Å²) in [5.74, 6) is 0. The van der Waals surface area contributed by atoms with Crippen LogP contribution in [-0.2, 0) is 0 Å². The third-order valence-electron chi connectivity index (χ3n) is 2.05. The fourth-order valence-corrected chi connectivity index (χ4v) is 2.37. The van der Waals surface area contributed by atoms with Crippen molar-refractivity contribution in [1.29, 1.82) is 0 Å². The van der Waals surface area contributed by atoms with Crippen LogP contribution in [0.25, 0.3) is 10.1 Å². The third kappa shape index (κ3) is 1.48. The molecule has 0 amide bonds. The highest BCUT2D eigenvalue weighted by Crippen LogP contribution is 2.22. The van der Waals surface area contributed by atoms with E-state index in [2.05, 4.69) is 0 Å². The molecule has 0 bridgehead atoms. The number of fused-ring (bicyclic) bond motifs is 1. The van der Waals surface area contributed by atoms with E-state index in [0.717, 1.165) is 10.1 Å². The molecule has 0 unspecified atom stereocenters. The summed E-state index contributed by atoms with van der Waals surface area (Å²) in [7, 11) is -1.35. The van der Waals surface area contributed by atoms with Crippen molar-refractivity contribution in [3.8, 4) is 0 Å². The maximum Gasteiger partial charge on any atom is 0.499 e. The van der Waals surface area contributed by atoms with Crippen molar-refractivity contribution < 1.29 is 10.0 Å². The van der Waals surface area contributed by atoms with E-state index in [1.54, 1.807) is 0 Å². The molecule has 2 N–H and O–H groups in total. The Morgan fingerprint density at radius 2 is 2.08 bits per heavy atom. The van der Waals surface area contributed by atoms with E-state index in [0.29, 0.717) is 4.78 Å². The molecule has 0 saturated heterocycles. The van der Waals surface area contributed by atoms with E-state index in [-0.39, 0.29) is 0 Å². The van der Waals surface area contributed by atoms with Gasteiger partial charge in [-0.1, -0.05) is 12.1 Å². The molecular weight excluding hydrogens is 183 g/mol. The zero-order valence-electron chi connectivity index (χ0n) is 7.19. The van der Waals surface area contributed by atoms with Gasteiger partial charge in [-0.15, -0.1) is 11.3 Å². The first-order chi connectivity index (χ1) is 6.18. The molecule has 66 valence electrons. The molecule has 0 fully saturated rings. The fraction of sp³-hybridized carbons (Fsp3) is 0.111. The summed E-state index contributed by atoms with van der Waals surface area (Å²) in [6.07, 6.45) is 0. The molecule has 4 heteroatoms. The van der Waals surface area contributed by atoms with Gasteiger partial charge in [0.1, 0.15) is 0 Å². The lowest BCUT2D eigenvalue weighted by atomic mass is 9.89. The Morgan fingerprint density at radius 1 is 1.31 bits per heavy atom. The molecule has 0 saturated carbocycles. The van der Waals surface area contributed by atoms with Crippen molar-refractivity contribution in [3.05, 3.63) is 29.8 Å². The van der Waals surface area contributed by atoms with Crippen LogP contribution in [0.15, 0.2) is 24.3 Å². The molecule has 1 heterocycles. The van der Waals surface area contributed by atoms with Crippen LogP contribution in [0.4, 0.5) is 0 Å². The summed E-state index contributed by atoms with van der Waals surface area (Å²) in [5.41, 5.74) is 1.17. The zero-order valence-corrected chi connectivity index (χ0v) is 8.01. The Hall–Kier alpha value is -0.835. The zero-order chi connectivity index (χ0) is 9.42. The summed E-state index contributed by atoms with van der Waals surface area (Å²) < 4.78 is 1.70. The van der Waals surface area contributed by atoms with Gasteiger partial charge >= 0.3 is 7.12 Å². The van der Waals surface area contributed by atoms with Crippen LogP contribution in [0.3, 0.4) is 0 Å². The van der Waals surface area contributed by atoms with Crippen LogP contribution in [0.5, 0.6) is 0 Å². The lowest BCUT2D eigenvalue weighted by molar-refractivity contribution is 0.427. The minimum absolute atomic E-state index is 0.601. The van der Waals surface area contributed by atoms with E-state index < -0.39 is 7.12 Å². The van der Waals surface area contributed by atoms with Crippen LogP contribution in [0.2, 0.25) is 0 Å². The minimum atomic E-state index is -1.35. The molecule has 0 aliphatic rings. The van der Waals surface area contributed by atoms with Crippen LogP contribution >= 0.6 is 11.3 Å². The Bertz CT molecular complexity index is 436. The van der Waals surface area contributed by atoms with E-state index >= 15 is 0 Å². The van der Waals surface area contributed by atoms with E-state index in [1.165, 1.54) is 16.9 Å².